The molecule has 2 heterocycles. The highest BCUT2D eigenvalue weighted by Crippen LogP contribution is 2.27. The van der Waals surface area contributed by atoms with Crippen LogP contribution in [-0.2, 0) is 16.4 Å². The molecule has 1 aromatic rings. The summed E-state index contributed by atoms with van der Waals surface area (Å²) in [6.45, 7) is 7.01. The van der Waals surface area contributed by atoms with Crippen LogP contribution in [0.5, 0.6) is 0 Å². The lowest BCUT2D eigenvalue weighted by atomic mass is 9.86. The van der Waals surface area contributed by atoms with Crippen molar-refractivity contribution in [1.29, 1.82) is 0 Å². The number of nitrogens with one attached hydrogen (secondary N) is 1. The van der Waals surface area contributed by atoms with Crippen molar-refractivity contribution in [1.82, 2.24) is 20.0 Å². The molecule has 3 atom stereocenters. The van der Waals surface area contributed by atoms with Gasteiger partial charge < -0.3 is 10.2 Å². The Hall–Kier alpha value is -1.15. The molecule has 1 saturated heterocycles. The first kappa shape index (κ1) is 20.6. The van der Waals surface area contributed by atoms with Gasteiger partial charge in [0.1, 0.15) is 0 Å². The lowest BCUT2D eigenvalue weighted by Crippen LogP contribution is -2.46. The second-order valence-electron chi connectivity index (χ2n) is 8.32. The molecule has 8 heteroatoms. The number of aromatic nitrogens is 2. The Morgan fingerprint density at radius 2 is 2.00 bits per heavy atom. The Balaban J connectivity index is 1.67. The molecule has 1 aliphatic carbocycles. The predicted octanol–water partition coefficient (Wildman–Crippen LogP) is 2.74. The van der Waals surface area contributed by atoms with Gasteiger partial charge in [0.2, 0.25) is 0 Å². The van der Waals surface area contributed by atoms with Crippen LogP contribution < -0.4 is 5.32 Å². The standard InChI is InChI=1S/C19H32N4O2S2/c1-13-7-5-6-8-18(13)20-19(26)22(4)11-17-14(2)21-23(15(17)3)16-9-10-27(24,25)12-16/h13,16,18H,5-12H2,1-4H3,(H,20,26)/t13-,16+,18-/m0/s1. The van der Waals surface area contributed by atoms with E-state index in [1.165, 1.54) is 25.7 Å². The Bertz CT molecular complexity index is 803. The fraction of sp³-hybridized carbons (Fsp3) is 0.789. The van der Waals surface area contributed by atoms with E-state index >= 15 is 0 Å². The average molecular weight is 413 g/mol. The van der Waals surface area contributed by atoms with Crippen LogP contribution in [0.15, 0.2) is 0 Å². The van der Waals surface area contributed by atoms with E-state index in [1.807, 2.05) is 25.6 Å². The molecule has 1 aliphatic heterocycles. The van der Waals surface area contributed by atoms with E-state index in [-0.39, 0.29) is 17.5 Å². The number of thiocarbonyl (C=S) groups is 1. The minimum absolute atomic E-state index is 0.0408. The Morgan fingerprint density at radius 1 is 1.30 bits per heavy atom. The topological polar surface area (TPSA) is 67.2 Å². The zero-order valence-corrected chi connectivity index (χ0v) is 18.5. The summed E-state index contributed by atoms with van der Waals surface area (Å²) in [7, 11) is -0.911. The zero-order valence-electron chi connectivity index (χ0n) is 16.9. The lowest BCUT2D eigenvalue weighted by Gasteiger charge is -2.33. The van der Waals surface area contributed by atoms with Crippen molar-refractivity contribution in [2.75, 3.05) is 18.6 Å². The van der Waals surface area contributed by atoms with Crippen molar-refractivity contribution in [3.63, 3.8) is 0 Å². The van der Waals surface area contributed by atoms with Crippen LogP contribution >= 0.6 is 12.2 Å². The largest absolute Gasteiger partial charge is 0.360 e. The summed E-state index contributed by atoms with van der Waals surface area (Å²) in [6.07, 6.45) is 5.68. The molecule has 27 heavy (non-hydrogen) atoms. The van der Waals surface area contributed by atoms with E-state index in [1.54, 1.807) is 0 Å². The van der Waals surface area contributed by atoms with Crippen molar-refractivity contribution in [2.45, 2.75) is 71.5 Å². The summed E-state index contributed by atoms with van der Waals surface area (Å²) in [6, 6.07) is 0.420. The van der Waals surface area contributed by atoms with E-state index in [0.29, 0.717) is 24.9 Å². The van der Waals surface area contributed by atoms with Gasteiger partial charge in [-0.15, -0.1) is 0 Å². The van der Waals surface area contributed by atoms with Gasteiger partial charge in [0.25, 0.3) is 0 Å². The summed E-state index contributed by atoms with van der Waals surface area (Å²) >= 11 is 5.65. The number of rotatable bonds is 4. The van der Waals surface area contributed by atoms with Gasteiger partial charge >= 0.3 is 0 Å². The summed E-state index contributed by atoms with van der Waals surface area (Å²) in [5, 5.41) is 8.99. The highest BCUT2D eigenvalue weighted by molar-refractivity contribution is 7.91. The van der Waals surface area contributed by atoms with E-state index in [9.17, 15) is 8.42 Å². The molecule has 0 amide bonds. The van der Waals surface area contributed by atoms with Crippen LogP contribution in [0.2, 0.25) is 0 Å². The highest BCUT2D eigenvalue weighted by Gasteiger charge is 2.31. The average Bonchev–Trinajstić information content (AvgIpc) is 3.10. The second kappa shape index (κ2) is 8.07. The minimum atomic E-state index is -2.92. The van der Waals surface area contributed by atoms with Crippen LogP contribution in [0.25, 0.3) is 0 Å². The lowest BCUT2D eigenvalue weighted by molar-refractivity contribution is 0.300. The maximum absolute atomic E-state index is 11.8. The molecule has 6 nitrogen and oxygen atoms in total. The predicted molar refractivity (Wildman–Crippen MR) is 113 cm³/mol. The molecule has 1 N–H and O–H groups in total. The van der Waals surface area contributed by atoms with Gasteiger partial charge in [-0.1, -0.05) is 19.8 Å². The second-order valence-corrected chi connectivity index (χ2v) is 10.9. The van der Waals surface area contributed by atoms with Crippen LogP contribution in [0.4, 0.5) is 0 Å². The summed E-state index contributed by atoms with van der Waals surface area (Å²) in [5.74, 6) is 1.11. The molecule has 0 radical (unpaired) electrons. The van der Waals surface area contributed by atoms with Gasteiger partial charge in [-0.25, -0.2) is 8.42 Å². The van der Waals surface area contributed by atoms with E-state index < -0.39 is 9.84 Å². The Kier molecular flexibility index (Phi) is 6.15. The molecular weight excluding hydrogens is 380 g/mol. The van der Waals surface area contributed by atoms with Crippen molar-refractivity contribution in [3.05, 3.63) is 17.0 Å². The van der Waals surface area contributed by atoms with Gasteiger partial charge in [-0.2, -0.15) is 5.10 Å². The quantitative estimate of drug-likeness (QED) is 0.767. The van der Waals surface area contributed by atoms with Gasteiger partial charge in [-0.3, -0.25) is 4.68 Å². The van der Waals surface area contributed by atoms with Gasteiger partial charge in [-0.05, 0) is 51.2 Å². The maximum Gasteiger partial charge on any atom is 0.169 e. The molecule has 0 bridgehead atoms. The van der Waals surface area contributed by atoms with Crippen molar-refractivity contribution < 1.29 is 8.42 Å². The first-order valence-corrected chi connectivity index (χ1v) is 12.2. The third-order valence-corrected chi connectivity index (χ3v) is 8.37. The fourth-order valence-electron chi connectivity index (χ4n) is 4.36. The van der Waals surface area contributed by atoms with Crippen LogP contribution in [0, 0.1) is 19.8 Å². The molecule has 3 rings (SSSR count). The minimum Gasteiger partial charge on any atom is -0.360 e. The SMILES string of the molecule is Cc1nn([C@@H]2CCS(=O)(=O)C2)c(C)c1CN(C)C(=S)N[C@H]1CCCC[C@@H]1C. The molecular formula is C19H32N4O2S2. The maximum atomic E-state index is 11.8. The van der Waals surface area contributed by atoms with Crippen molar-refractivity contribution in [2.24, 2.45) is 5.92 Å². The molecule has 1 saturated carbocycles. The molecule has 2 aliphatic rings. The molecule has 0 spiro atoms. The van der Waals surface area contributed by atoms with Gasteiger partial charge in [0, 0.05) is 30.9 Å². The number of hydrogen-bond donors (Lipinski definition) is 1. The number of sulfone groups is 1. The van der Waals surface area contributed by atoms with Gasteiger partial charge in [0.05, 0.1) is 23.2 Å². The van der Waals surface area contributed by atoms with Crippen molar-refractivity contribution in [3.8, 4) is 0 Å². The van der Waals surface area contributed by atoms with Crippen LogP contribution in [0.3, 0.4) is 0 Å². The molecule has 1 aromatic heterocycles. The molecule has 152 valence electrons. The highest BCUT2D eigenvalue weighted by atomic mass is 32.2. The molecule has 0 aromatic carbocycles. The first-order chi connectivity index (χ1) is 12.7. The first-order valence-electron chi connectivity index (χ1n) is 9.94. The smallest absolute Gasteiger partial charge is 0.169 e. The normalized spacial score (nSPS) is 27.5. The zero-order chi connectivity index (χ0) is 19.8. The van der Waals surface area contributed by atoms with Crippen LogP contribution in [0.1, 0.15) is 62.0 Å². The Morgan fingerprint density at radius 3 is 2.63 bits per heavy atom. The summed E-state index contributed by atoms with van der Waals surface area (Å²) in [5.41, 5.74) is 3.15. The third kappa shape index (κ3) is 4.65. The van der Waals surface area contributed by atoms with E-state index in [4.69, 9.17) is 12.2 Å². The fourth-order valence-corrected chi connectivity index (χ4v) is 6.27. The number of hydrogen-bond acceptors (Lipinski definition) is 4. The third-order valence-electron chi connectivity index (χ3n) is 6.19. The van der Waals surface area contributed by atoms with Gasteiger partial charge in [0.15, 0.2) is 14.9 Å². The number of aryl methyl sites for hydroxylation is 1. The number of nitrogens with zero attached hydrogens (tertiary/aromatic N) is 3. The monoisotopic (exact) mass is 412 g/mol. The van der Waals surface area contributed by atoms with E-state index in [0.717, 1.165) is 22.1 Å². The summed E-state index contributed by atoms with van der Waals surface area (Å²) < 4.78 is 25.6. The van der Waals surface area contributed by atoms with Crippen molar-refractivity contribution >= 4 is 27.2 Å². The van der Waals surface area contributed by atoms with Crippen LogP contribution in [-0.4, -0.2) is 52.8 Å². The summed E-state index contributed by atoms with van der Waals surface area (Å²) in [4.78, 5) is 2.07. The Labute approximate surface area is 168 Å². The molecule has 2 fully saturated rings. The molecule has 0 unspecified atom stereocenters. The van der Waals surface area contributed by atoms with E-state index in [2.05, 4.69) is 22.2 Å².